The van der Waals surface area contributed by atoms with E-state index in [4.69, 9.17) is 4.74 Å². The van der Waals surface area contributed by atoms with Crippen molar-refractivity contribution in [3.05, 3.63) is 72.6 Å². The number of aromatic nitrogens is 4. The lowest BCUT2D eigenvalue weighted by molar-refractivity contribution is -0.0872. The molecule has 5 rings (SSSR count). The minimum Gasteiger partial charge on any atom is -0.378 e. The monoisotopic (exact) mass is 389 g/mol. The number of imidazole rings is 1. The molecule has 2 atom stereocenters. The van der Waals surface area contributed by atoms with Gasteiger partial charge in [-0.05, 0) is 18.4 Å². The van der Waals surface area contributed by atoms with Crippen molar-refractivity contribution in [2.75, 3.05) is 13.2 Å². The first-order valence-corrected chi connectivity index (χ1v) is 10.00. The number of Topliss-reactive ketones (excluding diaryl/α,β-unsaturated/α-hetero) is 1. The lowest BCUT2D eigenvalue weighted by Gasteiger charge is -2.48. The summed E-state index contributed by atoms with van der Waals surface area (Å²) >= 11 is 0. The molecule has 2 fully saturated rings. The van der Waals surface area contributed by atoms with Crippen LogP contribution in [-0.4, -0.2) is 55.5 Å². The highest BCUT2D eigenvalue weighted by Gasteiger charge is 2.41. The number of fused-ring (bicyclic) bond motifs is 2. The quantitative estimate of drug-likeness (QED) is 0.625. The fraction of sp³-hybridized carbons (Fsp3) is 0.364. The second-order valence-corrected chi connectivity index (χ2v) is 7.78. The molecule has 2 unspecified atom stereocenters. The minimum absolute atomic E-state index is 0.0105. The van der Waals surface area contributed by atoms with Crippen molar-refractivity contribution in [2.24, 2.45) is 5.92 Å². The first kappa shape index (κ1) is 18.1. The van der Waals surface area contributed by atoms with Gasteiger partial charge in [0.15, 0.2) is 5.78 Å². The van der Waals surface area contributed by atoms with Gasteiger partial charge in [-0.1, -0.05) is 30.3 Å². The van der Waals surface area contributed by atoms with Crippen molar-refractivity contribution >= 4 is 5.78 Å². The van der Waals surface area contributed by atoms with E-state index >= 15 is 0 Å². The number of nitrogens with zero attached hydrogens (tertiary/aromatic N) is 5. The molecular weight excluding hydrogens is 366 g/mol. The van der Waals surface area contributed by atoms with Crippen LogP contribution in [0.25, 0.3) is 5.95 Å². The molecule has 4 heterocycles. The number of hydrogen-bond donors (Lipinski definition) is 0. The SMILES string of the molecule is O=C(c1cnc(-n2ccnc2)nc1)C1CC2COCC(C1)N2Cc1ccccc1. The van der Waals surface area contributed by atoms with Gasteiger partial charge in [-0.2, -0.15) is 0 Å². The summed E-state index contributed by atoms with van der Waals surface area (Å²) in [7, 11) is 0. The molecule has 0 amide bonds. The van der Waals surface area contributed by atoms with Crippen LogP contribution in [0.15, 0.2) is 61.4 Å². The average molecular weight is 389 g/mol. The predicted molar refractivity (Wildman–Crippen MR) is 107 cm³/mol. The summed E-state index contributed by atoms with van der Waals surface area (Å²) in [6.07, 6.45) is 9.98. The molecule has 29 heavy (non-hydrogen) atoms. The van der Waals surface area contributed by atoms with Crippen molar-refractivity contribution in [2.45, 2.75) is 31.5 Å². The summed E-state index contributed by atoms with van der Waals surface area (Å²) in [5.74, 6) is 0.643. The van der Waals surface area contributed by atoms with Crippen molar-refractivity contribution in [3.8, 4) is 5.95 Å². The molecule has 1 aromatic carbocycles. The Labute approximate surface area is 169 Å². The molecule has 2 aromatic heterocycles. The second kappa shape index (κ2) is 7.85. The molecule has 2 aliphatic heterocycles. The van der Waals surface area contributed by atoms with Gasteiger partial charge >= 0.3 is 0 Å². The van der Waals surface area contributed by atoms with Crippen molar-refractivity contribution in [1.29, 1.82) is 0 Å². The number of morpholine rings is 1. The van der Waals surface area contributed by atoms with Gasteiger partial charge in [-0.15, -0.1) is 0 Å². The zero-order valence-corrected chi connectivity index (χ0v) is 16.1. The van der Waals surface area contributed by atoms with Gasteiger partial charge in [0.25, 0.3) is 0 Å². The molecule has 0 radical (unpaired) electrons. The van der Waals surface area contributed by atoms with E-state index in [1.165, 1.54) is 5.56 Å². The van der Waals surface area contributed by atoms with E-state index in [0.29, 0.717) is 24.7 Å². The van der Waals surface area contributed by atoms with Crippen LogP contribution in [0.2, 0.25) is 0 Å². The Balaban J connectivity index is 1.29. The van der Waals surface area contributed by atoms with Gasteiger partial charge in [0.2, 0.25) is 5.95 Å². The highest BCUT2D eigenvalue weighted by molar-refractivity contribution is 5.97. The van der Waals surface area contributed by atoms with Crippen LogP contribution in [0.1, 0.15) is 28.8 Å². The zero-order chi connectivity index (χ0) is 19.6. The molecule has 7 heteroatoms. The largest absolute Gasteiger partial charge is 0.378 e. The number of rotatable bonds is 5. The molecule has 0 spiro atoms. The van der Waals surface area contributed by atoms with Gasteiger partial charge in [0, 0.05) is 49.3 Å². The Bertz CT molecular complexity index is 945. The third kappa shape index (κ3) is 3.71. The number of benzene rings is 1. The zero-order valence-electron chi connectivity index (χ0n) is 16.1. The van der Waals surface area contributed by atoms with E-state index in [1.54, 1.807) is 35.7 Å². The van der Waals surface area contributed by atoms with E-state index in [2.05, 4.69) is 44.1 Å². The molecule has 148 valence electrons. The van der Waals surface area contributed by atoms with E-state index in [9.17, 15) is 4.79 Å². The Kier molecular flexibility index (Phi) is 4.91. The van der Waals surface area contributed by atoms with Crippen molar-refractivity contribution < 1.29 is 9.53 Å². The van der Waals surface area contributed by atoms with Gasteiger partial charge in [0.05, 0.1) is 18.8 Å². The maximum Gasteiger partial charge on any atom is 0.234 e. The number of ether oxygens (including phenoxy) is 1. The van der Waals surface area contributed by atoms with Gasteiger partial charge in [-0.25, -0.2) is 15.0 Å². The Hall–Kier alpha value is -2.90. The molecule has 0 aliphatic carbocycles. The van der Waals surface area contributed by atoms with Gasteiger partial charge in [-0.3, -0.25) is 14.3 Å². The Morgan fingerprint density at radius 2 is 1.79 bits per heavy atom. The summed E-state index contributed by atoms with van der Waals surface area (Å²) in [4.78, 5) is 28.3. The maximum absolute atomic E-state index is 13.1. The smallest absolute Gasteiger partial charge is 0.234 e. The minimum atomic E-state index is -0.0105. The van der Waals surface area contributed by atoms with Gasteiger partial charge in [0.1, 0.15) is 6.33 Å². The van der Waals surface area contributed by atoms with E-state index in [1.807, 2.05) is 6.07 Å². The number of carbonyl (C=O) groups excluding carboxylic acids is 1. The summed E-state index contributed by atoms with van der Waals surface area (Å²) in [6.45, 7) is 2.27. The van der Waals surface area contributed by atoms with Crippen LogP contribution in [0, 0.1) is 5.92 Å². The molecule has 0 N–H and O–H groups in total. The first-order chi connectivity index (χ1) is 14.3. The first-order valence-electron chi connectivity index (χ1n) is 10.00. The van der Waals surface area contributed by atoms with Gasteiger partial charge < -0.3 is 4.74 Å². The molecule has 2 bridgehead atoms. The highest BCUT2D eigenvalue weighted by Crippen LogP contribution is 2.34. The van der Waals surface area contributed by atoms with Crippen LogP contribution >= 0.6 is 0 Å². The second-order valence-electron chi connectivity index (χ2n) is 7.78. The van der Waals surface area contributed by atoms with Crippen LogP contribution in [0.3, 0.4) is 0 Å². The average Bonchev–Trinajstić information content (AvgIpc) is 3.29. The standard InChI is InChI=1S/C22H23N5O2/c28-21(18-10-24-22(25-11-18)26-7-6-23-15-26)17-8-19-13-29-14-20(9-17)27(19)12-16-4-2-1-3-5-16/h1-7,10-11,15,17,19-20H,8-9,12-14H2. The summed E-state index contributed by atoms with van der Waals surface area (Å²) < 4.78 is 7.53. The molecule has 0 saturated carbocycles. The third-order valence-electron chi connectivity index (χ3n) is 5.91. The number of ketones is 1. The topological polar surface area (TPSA) is 73.1 Å². The number of piperidine rings is 1. The summed E-state index contributed by atoms with van der Waals surface area (Å²) in [5, 5.41) is 0. The van der Waals surface area contributed by atoms with E-state index in [0.717, 1.165) is 19.4 Å². The number of carbonyl (C=O) groups is 1. The van der Waals surface area contributed by atoms with Crippen LogP contribution in [0.5, 0.6) is 0 Å². The number of hydrogen-bond acceptors (Lipinski definition) is 6. The summed E-state index contributed by atoms with van der Waals surface area (Å²) in [5.41, 5.74) is 1.88. The fourth-order valence-corrected chi connectivity index (χ4v) is 4.45. The predicted octanol–water partition coefficient (Wildman–Crippen LogP) is 2.52. The van der Waals surface area contributed by atoms with Crippen molar-refractivity contribution in [1.82, 2.24) is 24.4 Å². The van der Waals surface area contributed by atoms with Crippen LogP contribution in [0.4, 0.5) is 0 Å². The maximum atomic E-state index is 13.1. The fourth-order valence-electron chi connectivity index (χ4n) is 4.45. The van der Waals surface area contributed by atoms with Crippen LogP contribution < -0.4 is 0 Å². The summed E-state index contributed by atoms with van der Waals surface area (Å²) in [6, 6.07) is 11.0. The van der Waals surface area contributed by atoms with Crippen molar-refractivity contribution in [3.63, 3.8) is 0 Å². The van der Waals surface area contributed by atoms with Crippen LogP contribution in [-0.2, 0) is 11.3 Å². The Morgan fingerprint density at radius 3 is 2.45 bits per heavy atom. The third-order valence-corrected chi connectivity index (χ3v) is 5.91. The molecule has 2 saturated heterocycles. The van der Waals surface area contributed by atoms with E-state index in [-0.39, 0.29) is 23.8 Å². The lowest BCUT2D eigenvalue weighted by atomic mass is 9.81. The normalized spacial score (nSPS) is 24.3. The lowest BCUT2D eigenvalue weighted by Crippen LogP contribution is -2.57. The Morgan fingerprint density at radius 1 is 1.07 bits per heavy atom. The molecular formula is C22H23N5O2. The molecule has 7 nitrogen and oxygen atoms in total. The molecule has 2 aliphatic rings. The highest BCUT2D eigenvalue weighted by atomic mass is 16.5. The molecule has 3 aromatic rings. The van der Waals surface area contributed by atoms with E-state index < -0.39 is 0 Å².